The van der Waals surface area contributed by atoms with Gasteiger partial charge in [-0.1, -0.05) is 20.8 Å². The van der Waals surface area contributed by atoms with Crippen molar-refractivity contribution in [2.45, 2.75) is 39.6 Å². The summed E-state index contributed by atoms with van der Waals surface area (Å²) in [6.07, 6.45) is -4.05. The number of alkyl halides is 2. The Morgan fingerprint density at radius 3 is 1.90 bits per heavy atom. The molecular weight excluding hydrogens is 433 g/mol. The van der Waals surface area contributed by atoms with Crippen LogP contribution in [0.25, 0.3) is 0 Å². The Bertz CT molecular complexity index is 866. The van der Waals surface area contributed by atoms with Crippen LogP contribution in [0.2, 0.25) is 0 Å². The van der Waals surface area contributed by atoms with Gasteiger partial charge < -0.3 is 14.2 Å². The molecule has 1 fully saturated rings. The molecule has 0 bridgehead atoms. The summed E-state index contributed by atoms with van der Waals surface area (Å²) in [6.45, 7) is 2.54. The summed E-state index contributed by atoms with van der Waals surface area (Å²) in [5.41, 5.74) is -1.94. The van der Waals surface area contributed by atoms with Crippen LogP contribution in [0.1, 0.15) is 44.6 Å². The molecule has 31 heavy (non-hydrogen) atoms. The zero-order valence-corrected chi connectivity index (χ0v) is 15.7. The summed E-state index contributed by atoms with van der Waals surface area (Å²) in [5.74, 6) is -9.90. The van der Waals surface area contributed by atoms with Gasteiger partial charge in [-0.3, -0.25) is 0 Å². The molecule has 0 unspecified atom stereocenters. The van der Waals surface area contributed by atoms with Gasteiger partial charge in [0, 0.05) is 23.6 Å². The molecule has 2 aromatic carbocycles. The average Bonchev–Trinajstić information content (AvgIpc) is 2.65. The van der Waals surface area contributed by atoms with E-state index >= 15 is 0 Å². The third-order valence-corrected chi connectivity index (χ3v) is 4.49. The van der Waals surface area contributed by atoms with E-state index in [0.717, 1.165) is 12.8 Å². The highest BCUT2D eigenvalue weighted by Gasteiger charge is 2.42. The summed E-state index contributed by atoms with van der Waals surface area (Å²) in [6, 6.07) is 1.47. The van der Waals surface area contributed by atoms with Gasteiger partial charge in [-0.15, -0.1) is 0 Å². The van der Waals surface area contributed by atoms with Crippen LogP contribution in [0.15, 0.2) is 24.3 Å². The van der Waals surface area contributed by atoms with Crippen LogP contribution in [0.4, 0.5) is 30.7 Å². The molecule has 1 heterocycles. The van der Waals surface area contributed by atoms with Crippen molar-refractivity contribution < 1.29 is 44.9 Å². The normalized spacial score (nSPS) is 19.1. The van der Waals surface area contributed by atoms with Gasteiger partial charge >= 0.3 is 6.11 Å². The third kappa shape index (κ3) is 5.48. The highest BCUT2D eigenvalue weighted by molar-refractivity contribution is 5.32. The number of rotatable bonds is 6. The Balaban J connectivity index is 0.00000341. The lowest BCUT2D eigenvalue weighted by atomic mass is 10.0. The van der Waals surface area contributed by atoms with Crippen LogP contribution in [-0.2, 0) is 15.6 Å². The molecule has 10 heteroatoms. The van der Waals surface area contributed by atoms with Crippen molar-refractivity contribution in [2.75, 3.05) is 13.2 Å². The maximum Gasteiger partial charge on any atom is 0.432 e. The van der Waals surface area contributed by atoms with Crippen LogP contribution in [0.5, 0.6) is 5.75 Å². The lowest BCUT2D eigenvalue weighted by Gasteiger charge is -2.30. The molecule has 0 amide bonds. The van der Waals surface area contributed by atoms with Gasteiger partial charge in [0.25, 0.3) is 0 Å². The van der Waals surface area contributed by atoms with Gasteiger partial charge in [0.2, 0.25) is 0 Å². The van der Waals surface area contributed by atoms with Crippen LogP contribution >= 0.6 is 0 Å². The van der Waals surface area contributed by atoms with Crippen LogP contribution < -0.4 is 4.74 Å². The van der Waals surface area contributed by atoms with Gasteiger partial charge in [0.05, 0.1) is 13.2 Å². The quantitative estimate of drug-likeness (QED) is 0.363. The number of ether oxygens (including phenoxy) is 3. The molecule has 1 aliphatic heterocycles. The van der Waals surface area contributed by atoms with Crippen LogP contribution in [0.3, 0.4) is 0 Å². The minimum absolute atomic E-state index is 0. The second-order valence-electron chi connectivity index (χ2n) is 6.83. The predicted octanol–water partition coefficient (Wildman–Crippen LogP) is 6.61. The first kappa shape index (κ1) is 24.9. The molecule has 2 aromatic rings. The van der Waals surface area contributed by atoms with Gasteiger partial charge in [-0.05, 0) is 18.6 Å². The molecule has 0 aliphatic carbocycles. The maximum absolute atomic E-state index is 14.4. The Morgan fingerprint density at radius 1 is 0.903 bits per heavy atom. The van der Waals surface area contributed by atoms with E-state index < -0.39 is 52.8 Å². The minimum atomic E-state index is -4.65. The topological polar surface area (TPSA) is 27.7 Å². The van der Waals surface area contributed by atoms with E-state index in [2.05, 4.69) is 4.74 Å². The Morgan fingerprint density at radius 2 is 1.42 bits per heavy atom. The van der Waals surface area contributed by atoms with Crippen LogP contribution in [0, 0.1) is 35.0 Å². The van der Waals surface area contributed by atoms with E-state index in [4.69, 9.17) is 9.47 Å². The van der Waals surface area contributed by atoms with Crippen molar-refractivity contribution in [3.8, 4) is 5.75 Å². The van der Waals surface area contributed by atoms with Gasteiger partial charge in [0.15, 0.2) is 23.7 Å². The molecule has 0 radical (unpaired) electrons. The highest BCUT2D eigenvalue weighted by atomic mass is 19.3. The third-order valence-electron chi connectivity index (χ3n) is 4.49. The Kier molecular flexibility index (Phi) is 7.93. The summed E-state index contributed by atoms with van der Waals surface area (Å²) in [7, 11) is 0. The summed E-state index contributed by atoms with van der Waals surface area (Å²) >= 11 is 0. The summed E-state index contributed by atoms with van der Waals surface area (Å²) < 4.78 is 112. The lowest BCUT2D eigenvalue weighted by Crippen LogP contribution is -2.28. The molecule has 1 aliphatic rings. The van der Waals surface area contributed by atoms with E-state index in [1.54, 1.807) is 0 Å². The first-order valence-corrected chi connectivity index (χ1v) is 9.06. The monoisotopic (exact) mass is 454 g/mol. The number of benzene rings is 2. The predicted molar refractivity (Wildman–Crippen MR) is 97.0 cm³/mol. The Hall–Kier alpha value is -2.33. The highest BCUT2D eigenvalue weighted by Crippen LogP contribution is 2.38. The van der Waals surface area contributed by atoms with Crippen LogP contribution in [-0.4, -0.2) is 13.2 Å². The van der Waals surface area contributed by atoms with Crippen molar-refractivity contribution in [3.05, 3.63) is 64.5 Å². The second-order valence-corrected chi connectivity index (χ2v) is 6.83. The molecule has 1 saturated heterocycles. The smallest absolute Gasteiger partial charge is 0.429 e. The fourth-order valence-electron chi connectivity index (χ4n) is 3.11. The second kappa shape index (κ2) is 9.86. The van der Waals surface area contributed by atoms with Crippen molar-refractivity contribution >= 4 is 0 Å². The van der Waals surface area contributed by atoms with Crippen molar-refractivity contribution in [3.63, 3.8) is 0 Å². The average molecular weight is 454 g/mol. The van der Waals surface area contributed by atoms with E-state index in [1.807, 2.05) is 6.92 Å². The zero-order valence-electron chi connectivity index (χ0n) is 15.7. The summed E-state index contributed by atoms with van der Waals surface area (Å²) in [5, 5.41) is 0. The SMILES string of the molecule is C.CCCC1COC(c2cc(F)c(C(F)(F)Oc3cc(F)c(F)c(F)c3)c(F)c2)OC1. The van der Waals surface area contributed by atoms with Gasteiger partial charge in [-0.2, -0.15) is 8.78 Å². The van der Waals surface area contributed by atoms with Crippen molar-refractivity contribution in [1.29, 1.82) is 0 Å². The Labute approximate surface area is 174 Å². The fraction of sp³-hybridized carbons (Fsp3) is 0.429. The number of halogens is 7. The molecule has 0 atom stereocenters. The maximum atomic E-state index is 14.4. The van der Waals surface area contributed by atoms with E-state index in [0.29, 0.717) is 12.1 Å². The van der Waals surface area contributed by atoms with E-state index in [-0.39, 0.29) is 44.3 Å². The summed E-state index contributed by atoms with van der Waals surface area (Å²) in [4.78, 5) is 0. The molecule has 0 N–H and O–H groups in total. The fourth-order valence-corrected chi connectivity index (χ4v) is 3.11. The number of hydrogen-bond acceptors (Lipinski definition) is 3. The molecule has 3 nitrogen and oxygen atoms in total. The molecular formula is C21H21F7O3. The van der Waals surface area contributed by atoms with Gasteiger partial charge in [0.1, 0.15) is 22.9 Å². The zero-order chi connectivity index (χ0) is 22.1. The largest absolute Gasteiger partial charge is 0.432 e. The van der Waals surface area contributed by atoms with E-state index in [9.17, 15) is 30.7 Å². The lowest BCUT2D eigenvalue weighted by molar-refractivity contribution is -0.206. The first-order chi connectivity index (χ1) is 14.1. The standard InChI is InChI=1S/C20H17F7O3.CH4/c1-2-3-10-8-28-19(29-9-10)11-4-13(21)17(14(22)5-11)20(26,27)30-12-6-15(23)18(25)16(24)7-12;/h4-7,10,19H,2-3,8-9H2,1H3;1H4. The molecule has 0 spiro atoms. The minimum Gasteiger partial charge on any atom is -0.429 e. The van der Waals surface area contributed by atoms with Crippen molar-refractivity contribution in [2.24, 2.45) is 5.92 Å². The molecule has 3 rings (SSSR count). The van der Waals surface area contributed by atoms with E-state index in [1.165, 1.54) is 0 Å². The van der Waals surface area contributed by atoms with Crippen molar-refractivity contribution in [1.82, 2.24) is 0 Å². The number of hydrogen-bond donors (Lipinski definition) is 0. The molecule has 172 valence electrons. The van der Waals surface area contributed by atoms with Gasteiger partial charge in [-0.25, -0.2) is 22.0 Å². The first-order valence-electron chi connectivity index (χ1n) is 9.06. The molecule has 0 aromatic heterocycles. The molecule has 0 saturated carbocycles.